The van der Waals surface area contributed by atoms with Crippen LogP contribution in [0.2, 0.25) is 0 Å². The molecule has 1 aliphatic heterocycles. The van der Waals surface area contributed by atoms with Crippen molar-refractivity contribution in [2.45, 2.75) is 58.8 Å². The quantitative estimate of drug-likeness (QED) is 0.299. The highest BCUT2D eigenvalue weighted by Gasteiger charge is 2.28. The van der Waals surface area contributed by atoms with E-state index in [1.807, 2.05) is 25.1 Å². The van der Waals surface area contributed by atoms with E-state index >= 15 is 0 Å². The molecule has 0 aromatic heterocycles. The first-order valence-electron chi connectivity index (χ1n) is 11.1. The van der Waals surface area contributed by atoms with Crippen molar-refractivity contribution < 1.29 is 17.9 Å². The zero-order valence-corrected chi connectivity index (χ0v) is 18.0. The van der Waals surface area contributed by atoms with Crippen LogP contribution in [0.3, 0.4) is 0 Å². The molecule has 0 radical (unpaired) electrons. The lowest BCUT2D eigenvalue weighted by Crippen LogP contribution is -2.11. The summed E-state index contributed by atoms with van der Waals surface area (Å²) in [6, 6.07) is 13.5. The van der Waals surface area contributed by atoms with Gasteiger partial charge in [-0.2, -0.15) is 4.39 Å². The van der Waals surface area contributed by atoms with Crippen molar-refractivity contribution in [3.8, 4) is 11.5 Å². The number of ether oxygens (including phenoxy) is 1. The highest BCUT2D eigenvalue weighted by molar-refractivity contribution is 5.53. The molecule has 1 nitrogen and oxygen atoms in total. The van der Waals surface area contributed by atoms with Gasteiger partial charge in [0.25, 0.3) is 0 Å². The molecule has 0 spiro atoms. The Morgan fingerprint density at radius 2 is 1.29 bits per heavy atom. The van der Waals surface area contributed by atoms with Crippen LogP contribution in [0.15, 0.2) is 42.5 Å². The molecule has 0 saturated heterocycles. The third-order valence-electron chi connectivity index (χ3n) is 5.92. The number of benzene rings is 3. The van der Waals surface area contributed by atoms with Crippen molar-refractivity contribution in [1.29, 1.82) is 0 Å². The van der Waals surface area contributed by atoms with Gasteiger partial charge in [-0.1, -0.05) is 63.1 Å². The Labute approximate surface area is 181 Å². The molecule has 0 fully saturated rings. The normalized spacial score (nSPS) is 12.3. The lowest BCUT2D eigenvalue weighted by Gasteiger charge is -2.23. The molecule has 0 bridgehead atoms. The van der Waals surface area contributed by atoms with E-state index in [4.69, 9.17) is 4.74 Å². The summed E-state index contributed by atoms with van der Waals surface area (Å²) in [5, 5.41) is 0. The minimum atomic E-state index is -1.03. The first-order chi connectivity index (χ1) is 15.0. The topological polar surface area (TPSA) is 9.23 Å². The maximum absolute atomic E-state index is 14.9. The molecular weight excluding hydrogens is 397 g/mol. The van der Waals surface area contributed by atoms with Gasteiger partial charge in [0.1, 0.15) is 0 Å². The first-order valence-corrected chi connectivity index (χ1v) is 11.1. The van der Waals surface area contributed by atoms with E-state index in [-0.39, 0.29) is 11.5 Å². The van der Waals surface area contributed by atoms with Crippen LogP contribution in [-0.2, 0) is 32.1 Å². The van der Waals surface area contributed by atoms with Crippen molar-refractivity contribution in [3.63, 3.8) is 0 Å². The summed E-state index contributed by atoms with van der Waals surface area (Å²) in [5.74, 6) is -2.58. The molecule has 3 aromatic carbocycles. The summed E-state index contributed by atoms with van der Waals surface area (Å²) >= 11 is 0. The third-order valence-corrected chi connectivity index (χ3v) is 5.92. The Balaban J connectivity index is 1.57. The van der Waals surface area contributed by atoms with E-state index in [1.165, 1.54) is 5.56 Å². The average Bonchev–Trinajstić information content (AvgIpc) is 2.78. The Kier molecular flexibility index (Phi) is 6.35. The van der Waals surface area contributed by atoms with Gasteiger partial charge in [0.15, 0.2) is 23.1 Å². The molecule has 162 valence electrons. The van der Waals surface area contributed by atoms with Gasteiger partial charge in [-0.05, 0) is 54.0 Å². The fourth-order valence-electron chi connectivity index (χ4n) is 4.24. The van der Waals surface area contributed by atoms with Crippen LogP contribution in [0, 0.1) is 17.5 Å². The van der Waals surface area contributed by atoms with Crippen LogP contribution < -0.4 is 4.74 Å². The van der Waals surface area contributed by atoms with Crippen LogP contribution in [0.1, 0.15) is 60.1 Å². The van der Waals surface area contributed by atoms with E-state index in [0.717, 1.165) is 24.8 Å². The molecule has 0 unspecified atom stereocenters. The standard InChI is InChI=1S/C27H27F3O/c1-3-5-17-7-9-18(10-8-17)11-12-20-15-22-16-21-14-13-19(6-4-2)24(29)26(21)31-27(22)25(30)23(20)28/h7-10,13-15H,3-6,11-12,16H2,1-2H3. The molecule has 1 heterocycles. The molecule has 3 aromatic rings. The summed E-state index contributed by atoms with van der Waals surface area (Å²) < 4.78 is 50.0. The number of fused-ring (bicyclic) bond motifs is 2. The summed E-state index contributed by atoms with van der Waals surface area (Å²) in [4.78, 5) is 0. The Hall–Kier alpha value is -2.75. The number of hydrogen-bond acceptors (Lipinski definition) is 1. The average molecular weight is 425 g/mol. The summed E-state index contributed by atoms with van der Waals surface area (Å²) in [6.45, 7) is 4.10. The van der Waals surface area contributed by atoms with Crippen molar-refractivity contribution >= 4 is 0 Å². The van der Waals surface area contributed by atoms with E-state index in [9.17, 15) is 13.2 Å². The van der Waals surface area contributed by atoms with Gasteiger partial charge in [-0.15, -0.1) is 0 Å². The molecule has 0 saturated carbocycles. The molecule has 4 heteroatoms. The van der Waals surface area contributed by atoms with E-state index < -0.39 is 17.5 Å². The van der Waals surface area contributed by atoms with Gasteiger partial charge >= 0.3 is 0 Å². The number of aryl methyl sites for hydroxylation is 4. The van der Waals surface area contributed by atoms with Gasteiger partial charge in [0.2, 0.25) is 5.82 Å². The molecule has 0 atom stereocenters. The number of hydrogen-bond donors (Lipinski definition) is 0. The molecular formula is C27H27F3O. The lowest BCUT2D eigenvalue weighted by atomic mass is 9.94. The Bertz CT molecular complexity index is 1090. The third kappa shape index (κ3) is 4.34. The van der Waals surface area contributed by atoms with Crippen LogP contribution in [0.5, 0.6) is 11.5 Å². The largest absolute Gasteiger partial charge is 0.450 e. The number of halogens is 3. The minimum absolute atomic E-state index is 0.0247. The number of rotatable bonds is 7. The van der Waals surface area contributed by atoms with E-state index in [1.54, 1.807) is 12.1 Å². The van der Waals surface area contributed by atoms with Crippen LogP contribution in [0.4, 0.5) is 13.2 Å². The van der Waals surface area contributed by atoms with Crippen LogP contribution in [-0.4, -0.2) is 0 Å². The highest BCUT2D eigenvalue weighted by Crippen LogP contribution is 2.42. The summed E-state index contributed by atoms with van der Waals surface area (Å²) in [7, 11) is 0. The van der Waals surface area contributed by atoms with Crippen LogP contribution >= 0.6 is 0 Å². The second kappa shape index (κ2) is 9.17. The fourth-order valence-corrected chi connectivity index (χ4v) is 4.24. The maximum atomic E-state index is 14.9. The predicted molar refractivity (Wildman–Crippen MR) is 117 cm³/mol. The smallest absolute Gasteiger partial charge is 0.201 e. The summed E-state index contributed by atoms with van der Waals surface area (Å²) in [6.07, 6.45) is 4.82. The zero-order valence-electron chi connectivity index (χ0n) is 18.0. The Morgan fingerprint density at radius 3 is 1.97 bits per heavy atom. The maximum Gasteiger partial charge on any atom is 0.201 e. The van der Waals surface area contributed by atoms with Gasteiger partial charge < -0.3 is 4.74 Å². The molecule has 4 rings (SSSR count). The van der Waals surface area contributed by atoms with E-state index in [2.05, 4.69) is 19.1 Å². The highest BCUT2D eigenvalue weighted by atomic mass is 19.2. The second-order valence-corrected chi connectivity index (χ2v) is 8.27. The molecule has 1 aliphatic rings. The second-order valence-electron chi connectivity index (χ2n) is 8.27. The van der Waals surface area contributed by atoms with Crippen molar-refractivity contribution in [2.24, 2.45) is 0 Å². The molecule has 0 aliphatic carbocycles. The molecule has 0 amide bonds. The van der Waals surface area contributed by atoms with Gasteiger partial charge in [-0.3, -0.25) is 0 Å². The first kappa shape index (κ1) is 21.5. The Morgan fingerprint density at radius 1 is 0.645 bits per heavy atom. The van der Waals surface area contributed by atoms with Crippen molar-refractivity contribution in [2.75, 3.05) is 0 Å². The van der Waals surface area contributed by atoms with Gasteiger partial charge in [-0.25, -0.2) is 8.78 Å². The fraction of sp³-hybridized carbons (Fsp3) is 0.333. The SMILES string of the molecule is CCCc1ccc(CCc2cc3c(c(F)c2F)Oc2c(ccc(CCC)c2F)C3)cc1. The molecule has 0 N–H and O–H groups in total. The van der Waals surface area contributed by atoms with Crippen molar-refractivity contribution in [3.05, 3.63) is 93.3 Å². The van der Waals surface area contributed by atoms with Crippen molar-refractivity contribution in [1.82, 2.24) is 0 Å². The summed E-state index contributed by atoms with van der Waals surface area (Å²) in [5.41, 5.74) is 4.44. The molecule has 31 heavy (non-hydrogen) atoms. The monoisotopic (exact) mass is 424 g/mol. The lowest BCUT2D eigenvalue weighted by molar-refractivity contribution is 0.377. The van der Waals surface area contributed by atoms with Gasteiger partial charge in [0.05, 0.1) is 0 Å². The minimum Gasteiger partial charge on any atom is -0.450 e. The zero-order chi connectivity index (χ0) is 22.0. The van der Waals surface area contributed by atoms with Gasteiger partial charge in [0, 0.05) is 17.5 Å². The van der Waals surface area contributed by atoms with E-state index in [0.29, 0.717) is 47.9 Å². The van der Waals surface area contributed by atoms with Crippen LogP contribution in [0.25, 0.3) is 0 Å². The predicted octanol–water partition coefficient (Wildman–Crippen LogP) is 7.49.